The molecule has 5 rings (SSSR count). The fourth-order valence-electron chi connectivity index (χ4n) is 2.94. The van der Waals surface area contributed by atoms with Crippen molar-refractivity contribution in [1.29, 1.82) is 5.26 Å². The fraction of sp³-hybridized carbons (Fsp3) is 0. The lowest BCUT2D eigenvalue weighted by atomic mass is 10.3. The maximum Gasteiger partial charge on any atom is 0.0659 e. The standard InChI is InChI=1S/C20H14N4.CHN/c1-2-14-10-16-5-6-18(23-16)12-20-8-7-19(24-20)11-17-4-3-15(22-17)9-13(1)21-14;1-2/h1-12,21-22H;1H. The Morgan fingerprint density at radius 1 is 0.538 bits per heavy atom. The van der Waals surface area contributed by atoms with E-state index in [1.54, 1.807) is 0 Å². The second-order valence-corrected chi connectivity index (χ2v) is 5.91. The first-order valence-electron chi connectivity index (χ1n) is 8.10. The van der Waals surface area contributed by atoms with E-state index in [-0.39, 0.29) is 0 Å². The minimum atomic E-state index is 0.915. The van der Waals surface area contributed by atoms with Gasteiger partial charge in [0.05, 0.1) is 22.8 Å². The average molecular weight is 337 g/mol. The number of hydrogen-bond donors (Lipinski definition) is 2. The maximum atomic E-state index is 6.50. The highest BCUT2D eigenvalue weighted by molar-refractivity contribution is 5.77. The summed E-state index contributed by atoms with van der Waals surface area (Å²) in [6.07, 6.45) is 8.05. The van der Waals surface area contributed by atoms with Crippen LogP contribution in [0, 0.1) is 11.8 Å². The Bertz CT molecular complexity index is 1120. The van der Waals surface area contributed by atoms with Crippen LogP contribution in [0.25, 0.3) is 46.4 Å². The van der Waals surface area contributed by atoms with Gasteiger partial charge in [-0.25, -0.2) is 15.2 Å². The lowest BCUT2D eigenvalue weighted by Crippen LogP contribution is -1.77. The predicted octanol–water partition coefficient (Wildman–Crippen LogP) is 4.80. The Labute approximate surface area is 150 Å². The number of hydrogen-bond acceptors (Lipinski definition) is 3. The molecule has 2 aliphatic heterocycles. The van der Waals surface area contributed by atoms with Crippen molar-refractivity contribution in [2.24, 2.45) is 0 Å². The third-order valence-corrected chi connectivity index (χ3v) is 4.04. The van der Waals surface area contributed by atoms with Gasteiger partial charge in [-0.1, -0.05) is 0 Å². The summed E-state index contributed by atoms with van der Waals surface area (Å²) in [5, 5.41) is 6.50. The number of rotatable bonds is 0. The van der Waals surface area contributed by atoms with Crippen LogP contribution in [0.15, 0.2) is 48.5 Å². The van der Waals surface area contributed by atoms with Gasteiger partial charge in [-0.3, -0.25) is 0 Å². The van der Waals surface area contributed by atoms with E-state index in [2.05, 4.69) is 56.8 Å². The molecule has 5 heteroatoms. The number of nitriles is 1. The van der Waals surface area contributed by atoms with Gasteiger partial charge in [-0.05, 0) is 72.8 Å². The van der Waals surface area contributed by atoms with E-state index in [0.717, 1.165) is 44.8 Å². The Hall–Kier alpha value is -3.91. The van der Waals surface area contributed by atoms with Crippen molar-refractivity contribution < 1.29 is 0 Å². The molecule has 2 N–H and O–H groups in total. The molecule has 0 saturated carbocycles. The molecular weight excluding hydrogens is 322 g/mol. The van der Waals surface area contributed by atoms with Crippen LogP contribution in [0.2, 0.25) is 0 Å². The number of aromatic amines is 2. The largest absolute Gasteiger partial charge is 0.355 e. The van der Waals surface area contributed by atoms with Gasteiger partial charge in [0.1, 0.15) is 0 Å². The van der Waals surface area contributed by atoms with E-state index < -0.39 is 0 Å². The molecule has 0 amide bonds. The number of aromatic nitrogens is 4. The normalized spacial score (nSPS) is 11.8. The summed E-state index contributed by atoms with van der Waals surface area (Å²) in [5.74, 6) is 0. The Morgan fingerprint density at radius 2 is 0.885 bits per heavy atom. The lowest BCUT2D eigenvalue weighted by molar-refractivity contribution is 1.28. The quantitative estimate of drug-likeness (QED) is 0.426. The molecule has 8 bridgehead atoms. The molecular formula is C21H15N5. The highest BCUT2D eigenvalue weighted by atomic mass is 14.8. The van der Waals surface area contributed by atoms with Gasteiger partial charge in [-0.15, -0.1) is 0 Å². The average Bonchev–Trinajstić information content (AvgIpc) is 3.42. The lowest BCUT2D eigenvalue weighted by Gasteiger charge is -1.86. The zero-order valence-corrected chi connectivity index (χ0v) is 13.8. The van der Waals surface area contributed by atoms with Gasteiger partial charge < -0.3 is 9.97 Å². The summed E-state index contributed by atoms with van der Waals surface area (Å²) in [5.41, 5.74) is 7.86. The second kappa shape index (κ2) is 6.54. The molecule has 0 atom stereocenters. The van der Waals surface area contributed by atoms with Crippen LogP contribution in [0.1, 0.15) is 22.8 Å². The third kappa shape index (κ3) is 3.17. The molecule has 0 spiro atoms. The van der Waals surface area contributed by atoms with Gasteiger partial charge >= 0.3 is 0 Å². The van der Waals surface area contributed by atoms with Crippen LogP contribution in [0.4, 0.5) is 0 Å². The van der Waals surface area contributed by atoms with Crippen LogP contribution in [-0.2, 0) is 0 Å². The van der Waals surface area contributed by atoms with E-state index in [1.807, 2.05) is 42.5 Å². The molecule has 0 unspecified atom stereocenters. The van der Waals surface area contributed by atoms with Crippen LogP contribution in [0.5, 0.6) is 0 Å². The monoisotopic (exact) mass is 337 g/mol. The number of nitrogens with one attached hydrogen (secondary N) is 2. The summed E-state index contributed by atoms with van der Waals surface area (Å²) < 4.78 is 0. The fourth-order valence-corrected chi connectivity index (χ4v) is 2.94. The molecule has 0 fully saturated rings. The highest BCUT2D eigenvalue weighted by Gasteiger charge is 2.02. The zero-order chi connectivity index (χ0) is 17.9. The first-order chi connectivity index (χ1) is 12.8. The molecule has 5 heterocycles. The number of fused-ring (bicyclic) bond motifs is 8. The van der Waals surface area contributed by atoms with Crippen molar-refractivity contribution in [3.63, 3.8) is 0 Å². The molecule has 124 valence electrons. The van der Waals surface area contributed by atoms with E-state index in [1.165, 1.54) is 0 Å². The first-order valence-corrected chi connectivity index (χ1v) is 8.10. The molecule has 3 aromatic rings. The number of H-pyrrole nitrogens is 2. The molecule has 3 aromatic heterocycles. The van der Waals surface area contributed by atoms with E-state index in [0.29, 0.717) is 0 Å². The topological polar surface area (TPSA) is 81.2 Å². The summed E-state index contributed by atoms with van der Waals surface area (Å²) in [4.78, 5) is 16.0. The Morgan fingerprint density at radius 3 is 1.31 bits per heavy atom. The SMILES string of the molecule is C#N.C1=Cc2cc3ccc(cc4ccc(cc5nc(cc1n2)C=C5)[nH]4)[nH]3. The highest BCUT2D eigenvalue weighted by Crippen LogP contribution is 2.17. The van der Waals surface area contributed by atoms with Gasteiger partial charge in [0.2, 0.25) is 0 Å². The van der Waals surface area contributed by atoms with Crippen LogP contribution < -0.4 is 0 Å². The van der Waals surface area contributed by atoms with Crippen molar-refractivity contribution in [3.05, 3.63) is 71.3 Å². The summed E-state index contributed by atoms with van der Waals surface area (Å²) in [6.45, 7) is 3.50. The van der Waals surface area contributed by atoms with Crippen LogP contribution in [0.3, 0.4) is 0 Å². The van der Waals surface area contributed by atoms with Crippen LogP contribution in [-0.4, -0.2) is 19.9 Å². The molecule has 26 heavy (non-hydrogen) atoms. The van der Waals surface area contributed by atoms with Crippen molar-refractivity contribution in [2.45, 2.75) is 0 Å². The van der Waals surface area contributed by atoms with Crippen molar-refractivity contribution in [2.75, 3.05) is 0 Å². The van der Waals surface area contributed by atoms with E-state index in [4.69, 9.17) is 5.26 Å². The predicted molar refractivity (Wildman–Crippen MR) is 106 cm³/mol. The minimum Gasteiger partial charge on any atom is -0.355 e. The molecule has 0 saturated heterocycles. The smallest absolute Gasteiger partial charge is 0.0659 e. The zero-order valence-electron chi connectivity index (χ0n) is 13.8. The van der Waals surface area contributed by atoms with Crippen LogP contribution >= 0.6 is 0 Å². The van der Waals surface area contributed by atoms with Gasteiger partial charge in [0, 0.05) is 28.6 Å². The molecule has 0 aliphatic carbocycles. The van der Waals surface area contributed by atoms with Gasteiger partial charge in [-0.2, -0.15) is 0 Å². The van der Waals surface area contributed by atoms with Crippen molar-refractivity contribution in [1.82, 2.24) is 19.9 Å². The van der Waals surface area contributed by atoms with E-state index >= 15 is 0 Å². The Kier molecular flexibility index (Phi) is 3.92. The Balaban J connectivity index is 0.000000814. The summed E-state index contributed by atoms with van der Waals surface area (Å²) >= 11 is 0. The molecule has 0 radical (unpaired) electrons. The minimum absolute atomic E-state index is 0.915. The second-order valence-electron chi connectivity index (χ2n) is 5.91. The van der Waals surface area contributed by atoms with E-state index in [9.17, 15) is 0 Å². The first kappa shape index (κ1) is 15.6. The molecule has 5 nitrogen and oxygen atoms in total. The molecule has 2 aliphatic rings. The maximum absolute atomic E-state index is 6.50. The summed E-state index contributed by atoms with van der Waals surface area (Å²) in [7, 11) is 0. The summed E-state index contributed by atoms with van der Waals surface area (Å²) in [6, 6.07) is 16.4. The molecule has 0 aromatic carbocycles. The van der Waals surface area contributed by atoms with Gasteiger partial charge in [0.25, 0.3) is 0 Å². The van der Waals surface area contributed by atoms with Gasteiger partial charge in [0.15, 0.2) is 0 Å². The van der Waals surface area contributed by atoms with Crippen molar-refractivity contribution >= 4 is 46.4 Å². The number of nitrogens with zero attached hydrogens (tertiary/aromatic N) is 3. The van der Waals surface area contributed by atoms with Crippen molar-refractivity contribution in [3.8, 4) is 6.57 Å². The third-order valence-electron chi connectivity index (χ3n) is 4.04.